The SMILES string of the molecule is CCOC(=O)NC(=O)C(C#N)=NNc1cc(Cl)c(Oc2ccc(=O)n(Cc3cccc(OC)c3)c2)c(Cl)c1. The fourth-order valence-electron chi connectivity index (χ4n) is 3.07. The third-order valence-electron chi connectivity index (χ3n) is 4.77. The van der Waals surface area contributed by atoms with E-state index < -0.39 is 17.7 Å². The van der Waals surface area contributed by atoms with Crippen LogP contribution < -0.4 is 25.8 Å². The molecule has 0 aliphatic rings. The van der Waals surface area contributed by atoms with Crippen molar-refractivity contribution in [2.75, 3.05) is 19.1 Å². The highest BCUT2D eigenvalue weighted by atomic mass is 35.5. The van der Waals surface area contributed by atoms with E-state index in [-0.39, 0.29) is 40.2 Å². The van der Waals surface area contributed by atoms with Crippen LogP contribution >= 0.6 is 23.2 Å². The van der Waals surface area contributed by atoms with Gasteiger partial charge >= 0.3 is 6.09 Å². The van der Waals surface area contributed by atoms with E-state index in [1.54, 1.807) is 26.2 Å². The summed E-state index contributed by atoms with van der Waals surface area (Å²) in [5, 5.41) is 14.9. The van der Waals surface area contributed by atoms with Crippen LogP contribution in [0.1, 0.15) is 12.5 Å². The van der Waals surface area contributed by atoms with Crippen molar-refractivity contribution < 1.29 is 23.8 Å². The number of hydrogen-bond acceptors (Lipinski definition) is 9. The van der Waals surface area contributed by atoms with Crippen molar-refractivity contribution in [1.29, 1.82) is 5.26 Å². The van der Waals surface area contributed by atoms with Crippen LogP contribution in [0.5, 0.6) is 17.2 Å². The van der Waals surface area contributed by atoms with Gasteiger partial charge in [0.25, 0.3) is 11.5 Å². The molecule has 2 aromatic carbocycles. The molecule has 0 saturated heterocycles. The summed E-state index contributed by atoms with van der Waals surface area (Å²) in [4.78, 5) is 35.7. The lowest BCUT2D eigenvalue weighted by Gasteiger charge is -2.13. The standard InChI is InChI=1S/C25H21Cl2N5O6/c1-3-37-25(35)29-24(34)21(12-28)31-30-16-10-19(26)23(20(27)11-16)38-18-7-8-22(33)32(14-18)13-15-5-4-6-17(9-15)36-2/h4-11,14,30H,3,13H2,1-2H3,(H,29,34,35). The topological polar surface area (TPSA) is 144 Å². The number of halogens is 2. The minimum atomic E-state index is -1.06. The number of carbonyl (C=O) groups is 2. The zero-order valence-corrected chi connectivity index (χ0v) is 21.7. The second kappa shape index (κ2) is 13.1. The van der Waals surface area contributed by atoms with Crippen LogP contribution in [-0.2, 0) is 16.1 Å². The molecule has 3 rings (SSSR count). The van der Waals surface area contributed by atoms with Crippen molar-refractivity contribution in [2.45, 2.75) is 13.5 Å². The summed E-state index contributed by atoms with van der Waals surface area (Å²) in [6, 6.07) is 14.5. The monoisotopic (exact) mass is 557 g/mol. The Morgan fingerprint density at radius 1 is 1.11 bits per heavy atom. The lowest BCUT2D eigenvalue weighted by molar-refractivity contribution is -0.114. The fraction of sp³-hybridized carbons (Fsp3) is 0.160. The third-order valence-corrected chi connectivity index (χ3v) is 5.33. The van der Waals surface area contributed by atoms with Crippen molar-refractivity contribution in [3.63, 3.8) is 0 Å². The van der Waals surface area contributed by atoms with Crippen LogP contribution in [0.2, 0.25) is 10.0 Å². The summed E-state index contributed by atoms with van der Waals surface area (Å²) in [6.45, 7) is 1.89. The Bertz CT molecular complexity index is 1460. The Morgan fingerprint density at radius 3 is 2.50 bits per heavy atom. The van der Waals surface area contributed by atoms with Gasteiger partial charge in [0.05, 0.1) is 42.2 Å². The zero-order valence-electron chi connectivity index (χ0n) is 20.2. The molecule has 13 heteroatoms. The van der Waals surface area contributed by atoms with Gasteiger partial charge in [-0.1, -0.05) is 35.3 Å². The van der Waals surface area contributed by atoms with E-state index in [9.17, 15) is 14.4 Å². The van der Waals surface area contributed by atoms with Crippen molar-refractivity contribution in [2.24, 2.45) is 5.10 Å². The van der Waals surface area contributed by atoms with E-state index >= 15 is 0 Å². The molecular formula is C25H21Cl2N5O6. The maximum absolute atomic E-state index is 12.4. The second-order valence-electron chi connectivity index (χ2n) is 7.41. The molecule has 0 saturated carbocycles. The van der Waals surface area contributed by atoms with E-state index in [1.807, 2.05) is 23.5 Å². The molecule has 0 aliphatic carbocycles. The predicted octanol–water partition coefficient (Wildman–Crippen LogP) is 4.57. The number of anilines is 1. The number of hydrazone groups is 1. The van der Waals surface area contributed by atoms with Crippen LogP contribution in [0.4, 0.5) is 10.5 Å². The smallest absolute Gasteiger partial charge is 0.414 e. The summed E-state index contributed by atoms with van der Waals surface area (Å²) >= 11 is 12.7. The number of aromatic nitrogens is 1. The van der Waals surface area contributed by atoms with Gasteiger partial charge in [-0.05, 0) is 42.8 Å². The molecule has 1 aromatic heterocycles. The molecule has 0 unspecified atom stereocenters. The van der Waals surface area contributed by atoms with Gasteiger partial charge < -0.3 is 18.8 Å². The summed E-state index contributed by atoms with van der Waals surface area (Å²) in [5.41, 5.74) is 2.68. The number of carbonyl (C=O) groups excluding carboxylic acids is 2. The number of ether oxygens (including phenoxy) is 3. The second-order valence-corrected chi connectivity index (χ2v) is 8.23. The predicted molar refractivity (Wildman–Crippen MR) is 141 cm³/mol. The first kappa shape index (κ1) is 28.0. The number of nitriles is 1. The van der Waals surface area contributed by atoms with E-state index in [0.717, 1.165) is 5.56 Å². The number of pyridine rings is 1. The van der Waals surface area contributed by atoms with Gasteiger partial charge in [0.15, 0.2) is 5.75 Å². The Balaban J connectivity index is 1.76. The summed E-state index contributed by atoms with van der Waals surface area (Å²) in [6.07, 6.45) is 0.509. The zero-order chi connectivity index (χ0) is 27.7. The van der Waals surface area contributed by atoms with Crippen LogP contribution in [0, 0.1) is 11.3 Å². The highest BCUT2D eigenvalue weighted by molar-refractivity contribution is 6.47. The molecule has 3 aromatic rings. The van der Waals surface area contributed by atoms with Gasteiger partial charge in [0.2, 0.25) is 5.71 Å². The fourth-order valence-corrected chi connectivity index (χ4v) is 3.63. The normalized spacial score (nSPS) is 10.8. The highest BCUT2D eigenvalue weighted by Gasteiger charge is 2.16. The molecule has 0 aliphatic heterocycles. The average molecular weight is 558 g/mol. The minimum absolute atomic E-state index is 0.0467. The quantitative estimate of drug-likeness (QED) is 0.287. The molecule has 1 heterocycles. The minimum Gasteiger partial charge on any atom is -0.497 e. The molecule has 2 N–H and O–H groups in total. The van der Waals surface area contributed by atoms with Gasteiger partial charge in [0, 0.05) is 6.07 Å². The number of methoxy groups -OCH3 is 1. The van der Waals surface area contributed by atoms with Gasteiger partial charge in [0.1, 0.15) is 17.6 Å². The molecule has 0 spiro atoms. The average Bonchev–Trinajstić information content (AvgIpc) is 2.88. The van der Waals surface area contributed by atoms with Gasteiger partial charge in [-0.15, -0.1) is 0 Å². The number of rotatable bonds is 9. The van der Waals surface area contributed by atoms with Crippen LogP contribution in [0.15, 0.2) is 64.6 Å². The Morgan fingerprint density at radius 2 is 1.84 bits per heavy atom. The third kappa shape index (κ3) is 7.49. The van der Waals surface area contributed by atoms with E-state index in [0.29, 0.717) is 11.5 Å². The van der Waals surface area contributed by atoms with E-state index in [4.69, 9.17) is 37.9 Å². The molecular weight excluding hydrogens is 537 g/mol. The van der Waals surface area contributed by atoms with Crippen molar-refractivity contribution in [1.82, 2.24) is 9.88 Å². The van der Waals surface area contributed by atoms with Gasteiger partial charge in [-0.2, -0.15) is 10.4 Å². The van der Waals surface area contributed by atoms with E-state index in [1.165, 1.54) is 35.0 Å². The van der Waals surface area contributed by atoms with Gasteiger partial charge in [-0.25, -0.2) is 4.79 Å². The summed E-state index contributed by atoms with van der Waals surface area (Å²) in [7, 11) is 1.56. The first-order chi connectivity index (χ1) is 18.2. The summed E-state index contributed by atoms with van der Waals surface area (Å²) < 4.78 is 17.1. The van der Waals surface area contributed by atoms with Crippen molar-refractivity contribution in [3.05, 3.63) is 80.7 Å². The Kier molecular flexibility index (Phi) is 9.70. The molecule has 0 bridgehead atoms. The van der Waals surface area contributed by atoms with Crippen molar-refractivity contribution >= 4 is 46.6 Å². The van der Waals surface area contributed by atoms with E-state index in [2.05, 4.69) is 15.3 Å². The first-order valence-electron chi connectivity index (χ1n) is 11.0. The van der Waals surface area contributed by atoms with Crippen LogP contribution in [0.25, 0.3) is 0 Å². The Hall–Kier alpha value is -4.53. The van der Waals surface area contributed by atoms with Crippen LogP contribution in [0.3, 0.4) is 0 Å². The maximum atomic E-state index is 12.4. The molecule has 11 nitrogen and oxygen atoms in total. The maximum Gasteiger partial charge on any atom is 0.414 e. The molecule has 0 fully saturated rings. The molecule has 38 heavy (non-hydrogen) atoms. The highest BCUT2D eigenvalue weighted by Crippen LogP contribution is 2.38. The Labute approximate surface area is 227 Å². The molecule has 0 atom stereocenters. The number of hydrogen-bond donors (Lipinski definition) is 2. The number of benzene rings is 2. The number of nitrogens with zero attached hydrogens (tertiary/aromatic N) is 3. The summed E-state index contributed by atoms with van der Waals surface area (Å²) in [5.74, 6) is 0.0215. The van der Waals surface area contributed by atoms with Gasteiger partial charge in [-0.3, -0.25) is 20.3 Å². The number of alkyl carbamates (subject to hydrolysis) is 1. The number of amides is 2. The largest absolute Gasteiger partial charge is 0.497 e. The number of nitrogens with one attached hydrogen (secondary N) is 2. The first-order valence-corrected chi connectivity index (χ1v) is 11.7. The lowest BCUT2D eigenvalue weighted by Crippen LogP contribution is -2.36. The lowest BCUT2D eigenvalue weighted by atomic mass is 10.2. The molecule has 2 amide bonds. The van der Waals surface area contributed by atoms with Crippen molar-refractivity contribution in [3.8, 4) is 23.3 Å². The molecule has 196 valence electrons. The molecule has 0 radical (unpaired) electrons. The number of imide groups is 1. The van der Waals surface area contributed by atoms with Crippen LogP contribution in [-0.4, -0.2) is 36.0 Å².